The molecule has 1 fully saturated rings. The number of hydrogen-bond acceptors (Lipinski definition) is 4. The monoisotopic (exact) mass is 440 g/mol. The van der Waals surface area contributed by atoms with Crippen molar-refractivity contribution in [2.75, 3.05) is 11.1 Å². The molecule has 1 saturated heterocycles. The Hall–Kier alpha value is -3.62. The number of amides is 3. The molecule has 1 heterocycles. The number of nitrogens with two attached hydrogens (primary N) is 1. The van der Waals surface area contributed by atoms with Gasteiger partial charge in [0.15, 0.2) is 5.96 Å². The van der Waals surface area contributed by atoms with E-state index in [4.69, 9.17) is 11.1 Å². The molecule has 0 radical (unpaired) electrons. The van der Waals surface area contributed by atoms with Crippen LogP contribution in [-0.4, -0.2) is 28.3 Å². The molecule has 1 aliphatic rings. The zero-order valence-electron chi connectivity index (χ0n) is 18.5. The van der Waals surface area contributed by atoms with Crippen LogP contribution in [0.15, 0.2) is 42.5 Å². The number of carbonyl (C=O) groups is 2. The maximum absolute atomic E-state index is 14.6. The number of halogens is 1. The van der Waals surface area contributed by atoms with Crippen molar-refractivity contribution in [3.8, 4) is 0 Å². The number of hydrogen-bond donors (Lipinski definition) is 5. The summed E-state index contributed by atoms with van der Waals surface area (Å²) in [4.78, 5) is 26.2. The normalized spacial score (nSPS) is 18.1. The average molecular weight is 441 g/mol. The maximum Gasteiger partial charge on any atom is 0.319 e. The molecular formula is C23H29FN6O2. The fourth-order valence-electron chi connectivity index (χ4n) is 3.87. The van der Waals surface area contributed by atoms with Crippen LogP contribution in [0, 0.1) is 17.1 Å². The molecule has 2 aromatic rings. The summed E-state index contributed by atoms with van der Waals surface area (Å²) in [6.07, 6.45) is 0.599. The quantitative estimate of drug-likeness (QED) is 0.423. The number of carbonyl (C=O) groups excluding carboxylic acids is 2. The van der Waals surface area contributed by atoms with Crippen molar-refractivity contribution < 1.29 is 14.0 Å². The highest BCUT2D eigenvalue weighted by Gasteiger charge is 2.45. The molecular weight excluding hydrogens is 411 g/mol. The molecule has 3 rings (SSSR count). The summed E-state index contributed by atoms with van der Waals surface area (Å²) in [6.45, 7) is 5.91. The SMILES string of the molecule is CC(C)CC1(C)NC(=N)N(Cc2ccc(CNC(=O)Nc3cccc(N)c3)c(F)c2)C1=O. The first kappa shape index (κ1) is 23.1. The lowest BCUT2D eigenvalue weighted by Crippen LogP contribution is -2.44. The molecule has 2 aromatic carbocycles. The van der Waals surface area contributed by atoms with E-state index in [1.54, 1.807) is 43.3 Å². The molecule has 0 spiro atoms. The average Bonchev–Trinajstić information content (AvgIpc) is 2.89. The molecule has 1 unspecified atom stereocenters. The molecule has 0 saturated carbocycles. The summed E-state index contributed by atoms with van der Waals surface area (Å²) >= 11 is 0. The van der Waals surface area contributed by atoms with E-state index < -0.39 is 17.4 Å². The maximum atomic E-state index is 14.6. The minimum atomic E-state index is -0.829. The molecule has 0 aliphatic carbocycles. The summed E-state index contributed by atoms with van der Waals surface area (Å²) in [5.41, 5.74) is 6.78. The predicted molar refractivity (Wildman–Crippen MR) is 122 cm³/mol. The van der Waals surface area contributed by atoms with Gasteiger partial charge in [-0.2, -0.15) is 0 Å². The van der Waals surface area contributed by atoms with E-state index in [-0.39, 0.29) is 30.9 Å². The molecule has 1 aliphatic heterocycles. The highest BCUT2D eigenvalue weighted by molar-refractivity contribution is 6.07. The van der Waals surface area contributed by atoms with Gasteiger partial charge in [-0.1, -0.05) is 32.0 Å². The van der Waals surface area contributed by atoms with Crippen LogP contribution in [0.1, 0.15) is 38.3 Å². The number of nitrogens with one attached hydrogen (secondary N) is 4. The van der Waals surface area contributed by atoms with Crippen LogP contribution >= 0.6 is 0 Å². The lowest BCUT2D eigenvalue weighted by Gasteiger charge is -2.24. The van der Waals surface area contributed by atoms with Crippen LogP contribution in [0.2, 0.25) is 0 Å². The van der Waals surface area contributed by atoms with E-state index in [9.17, 15) is 14.0 Å². The molecule has 8 nitrogen and oxygen atoms in total. The van der Waals surface area contributed by atoms with Gasteiger partial charge in [0.25, 0.3) is 5.91 Å². The second kappa shape index (κ2) is 9.25. The first-order valence-electron chi connectivity index (χ1n) is 10.4. The minimum Gasteiger partial charge on any atom is -0.399 e. The van der Waals surface area contributed by atoms with E-state index in [1.807, 2.05) is 13.8 Å². The lowest BCUT2D eigenvalue weighted by atomic mass is 9.91. The van der Waals surface area contributed by atoms with Gasteiger partial charge in [0.05, 0.1) is 6.54 Å². The zero-order valence-corrected chi connectivity index (χ0v) is 18.5. The Morgan fingerprint density at radius 2 is 2.03 bits per heavy atom. The van der Waals surface area contributed by atoms with Gasteiger partial charge in [-0.15, -0.1) is 0 Å². The summed E-state index contributed by atoms with van der Waals surface area (Å²) in [6, 6.07) is 10.8. The Morgan fingerprint density at radius 1 is 1.28 bits per heavy atom. The van der Waals surface area contributed by atoms with Crippen molar-refractivity contribution in [3.63, 3.8) is 0 Å². The van der Waals surface area contributed by atoms with Crippen molar-refractivity contribution in [1.82, 2.24) is 15.5 Å². The molecule has 32 heavy (non-hydrogen) atoms. The van der Waals surface area contributed by atoms with Crippen LogP contribution < -0.4 is 21.7 Å². The third-order valence-electron chi connectivity index (χ3n) is 5.24. The van der Waals surface area contributed by atoms with E-state index in [0.29, 0.717) is 28.9 Å². The topological polar surface area (TPSA) is 123 Å². The molecule has 3 amide bonds. The number of nitrogen functional groups attached to an aromatic ring is 1. The number of guanidine groups is 1. The molecule has 170 valence electrons. The van der Waals surface area contributed by atoms with Gasteiger partial charge in [0, 0.05) is 23.5 Å². The molecule has 1 atom stereocenters. The first-order chi connectivity index (χ1) is 15.1. The van der Waals surface area contributed by atoms with Gasteiger partial charge in [-0.05, 0) is 49.1 Å². The molecule has 6 N–H and O–H groups in total. The minimum absolute atomic E-state index is 0.00720. The van der Waals surface area contributed by atoms with Gasteiger partial charge in [-0.3, -0.25) is 15.1 Å². The number of urea groups is 1. The van der Waals surface area contributed by atoms with Crippen molar-refractivity contribution in [2.45, 2.75) is 45.8 Å². The Balaban J connectivity index is 1.60. The molecule has 0 bridgehead atoms. The smallest absolute Gasteiger partial charge is 0.319 e. The van der Waals surface area contributed by atoms with E-state index in [1.165, 1.54) is 11.0 Å². The van der Waals surface area contributed by atoms with E-state index >= 15 is 0 Å². The van der Waals surface area contributed by atoms with E-state index in [0.717, 1.165) is 0 Å². The highest BCUT2D eigenvalue weighted by atomic mass is 19.1. The van der Waals surface area contributed by atoms with Gasteiger partial charge in [0.1, 0.15) is 11.4 Å². The lowest BCUT2D eigenvalue weighted by molar-refractivity contribution is -0.131. The van der Waals surface area contributed by atoms with Gasteiger partial charge < -0.3 is 21.7 Å². The van der Waals surface area contributed by atoms with Crippen molar-refractivity contribution in [2.24, 2.45) is 5.92 Å². The van der Waals surface area contributed by atoms with Gasteiger partial charge in [0.2, 0.25) is 0 Å². The largest absolute Gasteiger partial charge is 0.399 e. The number of benzene rings is 2. The fourth-order valence-corrected chi connectivity index (χ4v) is 3.87. The van der Waals surface area contributed by atoms with Gasteiger partial charge >= 0.3 is 6.03 Å². The van der Waals surface area contributed by atoms with Crippen molar-refractivity contribution in [3.05, 3.63) is 59.4 Å². The first-order valence-corrected chi connectivity index (χ1v) is 10.4. The Labute approximate surface area is 186 Å². The second-order valence-corrected chi connectivity index (χ2v) is 8.65. The number of rotatable bonds is 7. The zero-order chi connectivity index (χ0) is 23.5. The Kier molecular flexibility index (Phi) is 6.67. The summed E-state index contributed by atoms with van der Waals surface area (Å²) in [5.74, 6) is -0.393. The Bertz CT molecular complexity index is 1040. The predicted octanol–water partition coefficient (Wildman–Crippen LogP) is 3.40. The van der Waals surface area contributed by atoms with Crippen LogP contribution in [0.5, 0.6) is 0 Å². The Morgan fingerprint density at radius 3 is 2.69 bits per heavy atom. The highest BCUT2D eigenvalue weighted by Crippen LogP contribution is 2.26. The summed E-state index contributed by atoms with van der Waals surface area (Å²) in [7, 11) is 0. The standard InChI is InChI=1S/C23H29FN6O2/c1-14(2)11-23(3)20(31)30(21(26)29-23)13-15-7-8-16(19(24)9-15)12-27-22(32)28-18-6-4-5-17(25)10-18/h4-10,14H,11-13,25H2,1-3H3,(H2,26,29)(H2,27,28,32). The van der Waals surface area contributed by atoms with E-state index in [2.05, 4.69) is 16.0 Å². The van der Waals surface area contributed by atoms with Crippen LogP contribution in [0.4, 0.5) is 20.6 Å². The van der Waals surface area contributed by atoms with Crippen molar-refractivity contribution >= 4 is 29.3 Å². The van der Waals surface area contributed by atoms with Crippen molar-refractivity contribution in [1.29, 1.82) is 5.41 Å². The molecule has 0 aromatic heterocycles. The van der Waals surface area contributed by atoms with Crippen LogP contribution in [0.25, 0.3) is 0 Å². The third-order valence-corrected chi connectivity index (χ3v) is 5.24. The van der Waals surface area contributed by atoms with Gasteiger partial charge in [-0.25, -0.2) is 9.18 Å². The summed E-state index contributed by atoms with van der Waals surface area (Å²) < 4.78 is 14.6. The third kappa shape index (κ3) is 5.35. The second-order valence-electron chi connectivity index (χ2n) is 8.65. The van der Waals surface area contributed by atoms with Crippen LogP contribution in [-0.2, 0) is 17.9 Å². The summed E-state index contributed by atoms with van der Waals surface area (Å²) in [5, 5.41) is 16.3. The van der Waals surface area contributed by atoms with Crippen LogP contribution in [0.3, 0.4) is 0 Å². The molecule has 9 heteroatoms. The number of nitrogens with zero attached hydrogens (tertiary/aromatic N) is 1. The fraction of sp³-hybridized carbons (Fsp3) is 0.348. The number of anilines is 2.